The van der Waals surface area contributed by atoms with Gasteiger partial charge in [0.2, 0.25) is 0 Å². The summed E-state index contributed by atoms with van der Waals surface area (Å²) in [6.45, 7) is 1.66. The summed E-state index contributed by atoms with van der Waals surface area (Å²) in [4.78, 5) is 4.15. The molecule has 0 saturated heterocycles. The highest BCUT2D eigenvalue weighted by molar-refractivity contribution is 5.85. The lowest BCUT2D eigenvalue weighted by atomic mass is 10.5. The van der Waals surface area contributed by atoms with Crippen LogP contribution < -0.4 is 5.90 Å². The molecule has 0 aliphatic carbocycles. The lowest BCUT2D eigenvalue weighted by Gasteiger charge is -1.99. The van der Waals surface area contributed by atoms with E-state index in [0.29, 0.717) is 0 Å². The maximum atomic E-state index is 8.13. The van der Waals surface area contributed by atoms with Crippen LogP contribution in [0.2, 0.25) is 0 Å². The Morgan fingerprint density at radius 3 is 2.29 bits per heavy atom. The third kappa shape index (κ3) is 6.17. The Kier molecular flexibility index (Phi) is 9.00. The van der Waals surface area contributed by atoms with Crippen molar-refractivity contribution in [3.8, 4) is 0 Å². The first-order valence-corrected chi connectivity index (χ1v) is 1.77. The second kappa shape index (κ2) is 6.17. The van der Waals surface area contributed by atoms with Crippen LogP contribution in [0.3, 0.4) is 0 Å². The van der Waals surface area contributed by atoms with E-state index in [-0.39, 0.29) is 25.1 Å². The van der Waals surface area contributed by atoms with Crippen molar-refractivity contribution in [1.29, 1.82) is 0 Å². The van der Waals surface area contributed by atoms with Crippen LogP contribution in [0.15, 0.2) is 0 Å². The fourth-order valence-electron chi connectivity index (χ4n) is 0.0430. The highest BCUT2D eigenvalue weighted by atomic mass is 35.5. The van der Waals surface area contributed by atoms with Crippen molar-refractivity contribution in [2.45, 2.75) is 13.0 Å². The van der Waals surface area contributed by atoms with Crippen molar-refractivity contribution in [3.63, 3.8) is 0 Å². The van der Waals surface area contributed by atoms with Gasteiger partial charge in [0.25, 0.3) is 0 Å². The Balaban J connectivity index is 0. The maximum absolute atomic E-state index is 8.13. The second-order valence-corrected chi connectivity index (χ2v) is 1.13. The van der Waals surface area contributed by atoms with E-state index in [2.05, 4.69) is 10.7 Å². The summed E-state index contributed by atoms with van der Waals surface area (Å²) in [7, 11) is 0. The average Bonchev–Trinajstić information content (AvgIpc) is 1.65. The van der Waals surface area contributed by atoms with Gasteiger partial charge in [-0.25, -0.2) is 5.90 Å². The molecule has 0 aliphatic rings. The molecule has 0 aromatic carbocycles. The quantitative estimate of drug-likeness (QED) is 0.500. The number of aliphatic hydroxyl groups excluding tert-OH is 1. The van der Waals surface area contributed by atoms with Crippen LogP contribution in [0.4, 0.5) is 0 Å². The molecule has 7 heavy (non-hydrogen) atoms. The predicted molar refractivity (Wildman–Crippen MR) is 29.1 cm³/mol. The van der Waals surface area contributed by atoms with Crippen LogP contribution in [0.25, 0.3) is 0 Å². The number of rotatable bonds is 2. The van der Waals surface area contributed by atoms with E-state index in [1.165, 1.54) is 0 Å². The zero-order valence-electron chi connectivity index (χ0n) is 4.13. The van der Waals surface area contributed by atoms with Crippen molar-refractivity contribution in [2.24, 2.45) is 5.90 Å². The van der Waals surface area contributed by atoms with Gasteiger partial charge in [0.05, 0.1) is 12.7 Å². The minimum absolute atomic E-state index is 0. The molecule has 1 atom stereocenters. The van der Waals surface area contributed by atoms with Crippen molar-refractivity contribution < 1.29 is 9.94 Å². The largest absolute Gasteiger partial charge is 0.394 e. The molecule has 0 bridgehead atoms. The molecule has 46 valence electrons. The van der Waals surface area contributed by atoms with Crippen LogP contribution in [0.1, 0.15) is 6.92 Å². The summed E-state index contributed by atoms with van der Waals surface area (Å²) in [6, 6.07) is 0. The monoisotopic (exact) mass is 127 g/mol. The van der Waals surface area contributed by atoms with Crippen molar-refractivity contribution >= 4 is 12.4 Å². The van der Waals surface area contributed by atoms with Gasteiger partial charge in [0.1, 0.15) is 0 Å². The van der Waals surface area contributed by atoms with Gasteiger partial charge in [-0.15, -0.1) is 12.4 Å². The SMILES string of the molecule is CC(CO)ON.Cl. The molecular weight excluding hydrogens is 117 g/mol. The van der Waals surface area contributed by atoms with E-state index in [1.807, 2.05) is 0 Å². The standard InChI is InChI=1S/C3H9NO2.ClH/c1-3(2-5)6-4;/h3,5H,2,4H2,1H3;1H. The molecule has 0 amide bonds. The number of halogens is 1. The first kappa shape index (κ1) is 10.2. The molecule has 0 heterocycles. The highest BCUT2D eigenvalue weighted by Gasteiger charge is 1.91. The first-order chi connectivity index (χ1) is 2.81. The fraction of sp³-hybridized carbons (Fsp3) is 1.00. The Morgan fingerprint density at radius 1 is 1.86 bits per heavy atom. The molecule has 3 nitrogen and oxygen atoms in total. The lowest BCUT2D eigenvalue weighted by Crippen LogP contribution is -2.16. The third-order valence-electron chi connectivity index (χ3n) is 0.489. The molecule has 3 N–H and O–H groups in total. The summed E-state index contributed by atoms with van der Waals surface area (Å²) in [5, 5.41) is 8.13. The van der Waals surface area contributed by atoms with Crippen molar-refractivity contribution in [2.75, 3.05) is 6.61 Å². The summed E-state index contributed by atoms with van der Waals surface area (Å²) in [6.07, 6.45) is -0.231. The second-order valence-electron chi connectivity index (χ2n) is 1.13. The van der Waals surface area contributed by atoms with E-state index in [4.69, 9.17) is 5.11 Å². The zero-order valence-corrected chi connectivity index (χ0v) is 4.94. The van der Waals surface area contributed by atoms with E-state index < -0.39 is 0 Å². The Hall–Kier alpha value is 0.170. The van der Waals surface area contributed by atoms with Crippen LogP contribution in [0, 0.1) is 0 Å². The molecule has 0 aromatic heterocycles. The summed E-state index contributed by atoms with van der Waals surface area (Å²) in [5.41, 5.74) is 0. The van der Waals surface area contributed by atoms with Gasteiger partial charge in [0, 0.05) is 0 Å². The fourth-order valence-corrected chi connectivity index (χ4v) is 0.0430. The van der Waals surface area contributed by atoms with E-state index >= 15 is 0 Å². The van der Waals surface area contributed by atoms with Gasteiger partial charge in [-0.3, -0.25) is 4.84 Å². The topological polar surface area (TPSA) is 55.5 Å². The molecule has 0 radical (unpaired) electrons. The third-order valence-corrected chi connectivity index (χ3v) is 0.489. The Morgan fingerprint density at radius 2 is 2.29 bits per heavy atom. The average molecular weight is 128 g/mol. The zero-order chi connectivity index (χ0) is 4.99. The van der Waals surface area contributed by atoms with E-state index in [0.717, 1.165) is 0 Å². The minimum atomic E-state index is -0.231. The van der Waals surface area contributed by atoms with E-state index in [1.54, 1.807) is 6.92 Å². The normalized spacial score (nSPS) is 12.4. The van der Waals surface area contributed by atoms with Gasteiger partial charge in [-0.05, 0) is 6.92 Å². The van der Waals surface area contributed by atoms with Crippen molar-refractivity contribution in [1.82, 2.24) is 0 Å². The molecule has 0 rings (SSSR count). The number of aliphatic hydroxyl groups is 1. The van der Waals surface area contributed by atoms with Gasteiger partial charge in [0.15, 0.2) is 0 Å². The molecule has 0 spiro atoms. The van der Waals surface area contributed by atoms with Gasteiger partial charge in [-0.2, -0.15) is 0 Å². The van der Waals surface area contributed by atoms with Crippen LogP contribution in [0.5, 0.6) is 0 Å². The smallest absolute Gasteiger partial charge is 0.0989 e. The maximum Gasteiger partial charge on any atom is 0.0989 e. The first-order valence-electron chi connectivity index (χ1n) is 1.77. The molecule has 4 heteroatoms. The van der Waals surface area contributed by atoms with Gasteiger partial charge >= 0.3 is 0 Å². The molecule has 0 aromatic rings. The van der Waals surface area contributed by atoms with Crippen LogP contribution in [-0.4, -0.2) is 17.8 Å². The van der Waals surface area contributed by atoms with Crippen LogP contribution in [-0.2, 0) is 4.84 Å². The summed E-state index contributed by atoms with van der Waals surface area (Å²) >= 11 is 0. The summed E-state index contributed by atoms with van der Waals surface area (Å²) in [5.74, 6) is 4.62. The number of hydrogen-bond acceptors (Lipinski definition) is 3. The predicted octanol–water partition coefficient (Wildman–Crippen LogP) is -0.321. The minimum Gasteiger partial charge on any atom is -0.394 e. The number of nitrogens with two attached hydrogens (primary N) is 1. The highest BCUT2D eigenvalue weighted by Crippen LogP contribution is 1.77. The van der Waals surface area contributed by atoms with Crippen LogP contribution >= 0.6 is 12.4 Å². The molecular formula is C3H10ClNO2. The molecule has 0 fully saturated rings. The summed E-state index contributed by atoms with van der Waals surface area (Å²) < 4.78 is 0. The van der Waals surface area contributed by atoms with Crippen molar-refractivity contribution in [3.05, 3.63) is 0 Å². The van der Waals surface area contributed by atoms with Gasteiger partial charge < -0.3 is 5.11 Å². The van der Waals surface area contributed by atoms with E-state index in [9.17, 15) is 0 Å². The molecule has 1 unspecified atom stereocenters. The Labute approximate surface area is 48.8 Å². The molecule has 0 saturated carbocycles. The Bertz CT molecular complexity index is 32.1. The number of hydrogen-bond donors (Lipinski definition) is 2. The molecule has 0 aliphatic heterocycles. The van der Waals surface area contributed by atoms with Gasteiger partial charge in [-0.1, -0.05) is 0 Å². The lowest BCUT2D eigenvalue weighted by molar-refractivity contribution is 0.0245.